The van der Waals surface area contributed by atoms with Crippen LogP contribution in [0, 0.1) is 0 Å². The predicted octanol–water partition coefficient (Wildman–Crippen LogP) is 5.42. The van der Waals surface area contributed by atoms with Crippen LogP contribution < -0.4 is 5.32 Å². The number of alkyl carbamates (subject to hydrolysis) is 1. The summed E-state index contributed by atoms with van der Waals surface area (Å²) in [5.41, 5.74) is 0.362. The molecule has 0 saturated carbocycles. The molecule has 0 aromatic carbocycles. The van der Waals surface area contributed by atoms with Gasteiger partial charge in [0, 0.05) is 38.0 Å². The molecule has 0 spiro atoms. The highest BCUT2D eigenvalue weighted by Crippen LogP contribution is 2.21. The van der Waals surface area contributed by atoms with Gasteiger partial charge in [-0.1, -0.05) is 51.5 Å². The van der Waals surface area contributed by atoms with Crippen LogP contribution in [0.5, 0.6) is 0 Å². The number of rotatable bonds is 28. The number of unbranched alkanes of at least 4 members (excludes halogenated alkanes) is 8. The van der Waals surface area contributed by atoms with E-state index in [1.807, 2.05) is 20.8 Å². The Balaban J connectivity index is 3.47. The molecular formula is C28H55NO9Si. The number of carbonyl (C=O) groups excluding carboxylic acids is 2. The molecule has 39 heavy (non-hydrogen) atoms. The van der Waals surface area contributed by atoms with Gasteiger partial charge in [-0.2, -0.15) is 0 Å². The molecule has 0 bridgehead atoms. The van der Waals surface area contributed by atoms with Crippen molar-refractivity contribution in [2.24, 2.45) is 0 Å². The molecule has 11 heteroatoms. The van der Waals surface area contributed by atoms with Gasteiger partial charge in [-0.15, -0.1) is 0 Å². The third kappa shape index (κ3) is 23.0. The molecule has 230 valence electrons. The lowest BCUT2D eigenvalue weighted by Crippen LogP contribution is -2.45. The van der Waals surface area contributed by atoms with Gasteiger partial charge in [0.2, 0.25) is 0 Å². The van der Waals surface area contributed by atoms with Gasteiger partial charge >= 0.3 is 20.9 Å². The number of esters is 1. The molecule has 1 amide bonds. The molecule has 0 unspecified atom stereocenters. The van der Waals surface area contributed by atoms with Crippen molar-refractivity contribution in [2.75, 3.05) is 66.0 Å². The first-order valence-corrected chi connectivity index (χ1v) is 16.6. The number of carbonyl (C=O) groups is 2. The van der Waals surface area contributed by atoms with Crippen molar-refractivity contribution in [3.8, 4) is 0 Å². The van der Waals surface area contributed by atoms with E-state index in [9.17, 15) is 9.59 Å². The molecule has 0 aromatic heterocycles. The summed E-state index contributed by atoms with van der Waals surface area (Å²) in [5, 5.41) is 2.67. The van der Waals surface area contributed by atoms with Crippen LogP contribution in [0.1, 0.15) is 85.5 Å². The normalized spacial score (nSPS) is 11.4. The van der Waals surface area contributed by atoms with Crippen molar-refractivity contribution >= 4 is 20.9 Å². The molecule has 1 N–H and O–H groups in total. The summed E-state index contributed by atoms with van der Waals surface area (Å²) >= 11 is 0. The Labute approximate surface area is 237 Å². The average molecular weight is 578 g/mol. The van der Waals surface area contributed by atoms with E-state index in [1.54, 1.807) is 6.92 Å². The molecule has 10 nitrogen and oxygen atoms in total. The summed E-state index contributed by atoms with van der Waals surface area (Å²) in [4.78, 5) is 22.9. The maximum Gasteiger partial charge on any atom is 0.500 e. The summed E-state index contributed by atoms with van der Waals surface area (Å²) in [6.07, 6.45) is 9.86. The number of hydrogen-bond donors (Lipinski definition) is 1. The lowest BCUT2D eigenvalue weighted by Gasteiger charge is -2.28. The Bertz CT molecular complexity index is 605. The second kappa shape index (κ2) is 26.7. The zero-order valence-electron chi connectivity index (χ0n) is 25.0. The van der Waals surface area contributed by atoms with Crippen LogP contribution in [0.4, 0.5) is 4.79 Å². The first kappa shape index (κ1) is 37.5. The number of ether oxygens (including phenoxy) is 4. The van der Waals surface area contributed by atoms with Crippen molar-refractivity contribution in [1.82, 2.24) is 5.32 Å². The Morgan fingerprint density at radius 2 is 1.13 bits per heavy atom. The molecule has 0 fully saturated rings. The van der Waals surface area contributed by atoms with E-state index < -0.39 is 20.9 Å². The number of amides is 1. The molecule has 0 radical (unpaired) electrons. The second-order valence-corrected chi connectivity index (χ2v) is 11.8. The van der Waals surface area contributed by atoms with Crippen LogP contribution in [0.15, 0.2) is 12.2 Å². The molecule has 0 aromatic rings. The fourth-order valence-corrected chi connectivity index (χ4v) is 6.45. The van der Waals surface area contributed by atoms with Gasteiger partial charge in [-0.3, -0.25) is 0 Å². The number of nitrogens with one attached hydrogen (secondary N) is 1. The largest absolute Gasteiger partial charge is 0.500 e. The highest BCUT2D eigenvalue weighted by atomic mass is 28.4. The van der Waals surface area contributed by atoms with E-state index >= 15 is 0 Å². The summed E-state index contributed by atoms with van der Waals surface area (Å²) in [7, 11) is -2.49. The van der Waals surface area contributed by atoms with E-state index in [4.69, 9.17) is 32.2 Å². The molecular weight excluding hydrogens is 522 g/mol. The Kier molecular flexibility index (Phi) is 25.7. The van der Waals surface area contributed by atoms with Gasteiger partial charge in [0.25, 0.3) is 0 Å². The summed E-state index contributed by atoms with van der Waals surface area (Å²) in [6, 6.07) is 0.899. The minimum absolute atomic E-state index is 0.182. The van der Waals surface area contributed by atoms with Crippen LogP contribution >= 0.6 is 0 Å². The molecule has 0 aliphatic rings. The highest BCUT2D eigenvalue weighted by molar-refractivity contribution is 6.60. The maximum absolute atomic E-state index is 11.7. The van der Waals surface area contributed by atoms with E-state index in [2.05, 4.69) is 11.9 Å². The van der Waals surface area contributed by atoms with Gasteiger partial charge in [0.15, 0.2) is 0 Å². The smallest absolute Gasteiger partial charge is 0.460 e. The highest BCUT2D eigenvalue weighted by Gasteiger charge is 2.39. The van der Waals surface area contributed by atoms with Crippen LogP contribution in [-0.2, 0) is 37.0 Å². The SMILES string of the molecule is C=C(C)C(=O)OCCOCCOCCNC(=O)OCCCCCCCCCCC[Si](OCC)(OCC)OCC. The Hall–Kier alpha value is -1.50. The topological polar surface area (TPSA) is 111 Å². The van der Waals surface area contributed by atoms with Crippen LogP contribution in [0.3, 0.4) is 0 Å². The maximum atomic E-state index is 11.7. The van der Waals surface area contributed by atoms with Crippen molar-refractivity contribution < 1.29 is 41.8 Å². The van der Waals surface area contributed by atoms with Gasteiger partial charge in [-0.25, -0.2) is 9.59 Å². The van der Waals surface area contributed by atoms with Crippen molar-refractivity contribution in [3.63, 3.8) is 0 Å². The van der Waals surface area contributed by atoms with Crippen molar-refractivity contribution in [2.45, 2.75) is 91.5 Å². The minimum atomic E-state index is -2.49. The lowest BCUT2D eigenvalue weighted by molar-refractivity contribution is -0.140. The predicted molar refractivity (Wildman–Crippen MR) is 154 cm³/mol. The Morgan fingerprint density at radius 3 is 1.67 bits per heavy atom. The van der Waals surface area contributed by atoms with Crippen LogP contribution in [-0.4, -0.2) is 86.9 Å². The van der Waals surface area contributed by atoms with E-state index in [1.165, 1.54) is 32.1 Å². The molecule has 0 rings (SSSR count). The van der Waals surface area contributed by atoms with Crippen molar-refractivity contribution in [1.29, 1.82) is 0 Å². The van der Waals surface area contributed by atoms with E-state index in [-0.39, 0.29) is 6.61 Å². The van der Waals surface area contributed by atoms with Crippen LogP contribution in [0.25, 0.3) is 0 Å². The van der Waals surface area contributed by atoms with Crippen molar-refractivity contribution in [3.05, 3.63) is 12.2 Å². The van der Waals surface area contributed by atoms with Gasteiger partial charge in [-0.05, 0) is 40.5 Å². The monoisotopic (exact) mass is 577 g/mol. The third-order valence-electron chi connectivity index (χ3n) is 5.65. The van der Waals surface area contributed by atoms with Gasteiger partial charge in [0.05, 0.1) is 33.0 Å². The van der Waals surface area contributed by atoms with E-state index in [0.29, 0.717) is 65.0 Å². The van der Waals surface area contributed by atoms with Gasteiger partial charge in [0.1, 0.15) is 6.61 Å². The summed E-state index contributed by atoms with van der Waals surface area (Å²) in [6.45, 7) is 15.4. The Morgan fingerprint density at radius 1 is 0.641 bits per heavy atom. The summed E-state index contributed by atoms with van der Waals surface area (Å²) < 4.78 is 38.5. The summed E-state index contributed by atoms with van der Waals surface area (Å²) in [5.74, 6) is -0.422. The zero-order chi connectivity index (χ0) is 29.0. The molecule has 0 heterocycles. The standard InChI is InChI=1S/C28H55NO9Si/c1-6-36-39(37-7-2,38-8-3)25-17-15-13-11-9-10-12-14-16-19-35-28(31)29-18-20-32-21-22-33-23-24-34-27(30)26(4)5/h4,6-25H2,1-3,5H3,(H,29,31). The third-order valence-corrected chi connectivity index (χ3v) is 8.80. The molecule has 0 aliphatic heterocycles. The zero-order valence-corrected chi connectivity index (χ0v) is 26.0. The second-order valence-electron chi connectivity index (χ2n) is 9.12. The average Bonchev–Trinajstić information content (AvgIpc) is 2.90. The first-order valence-electron chi connectivity index (χ1n) is 14.7. The van der Waals surface area contributed by atoms with E-state index in [0.717, 1.165) is 31.7 Å². The quantitative estimate of drug-likeness (QED) is 0.0563. The molecule has 0 atom stereocenters. The minimum Gasteiger partial charge on any atom is -0.460 e. The van der Waals surface area contributed by atoms with Crippen LogP contribution in [0.2, 0.25) is 6.04 Å². The fourth-order valence-electron chi connectivity index (χ4n) is 3.76. The van der Waals surface area contributed by atoms with Gasteiger partial charge < -0.3 is 37.5 Å². The first-order chi connectivity index (χ1) is 18.9. The molecule has 0 aliphatic carbocycles. The fraction of sp³-hybridized carbons (Fsp3) is 0.857. The lowest BCUT2D eigenvalue weighted by atomic mass is 10.1. The molecule has 0 saturated heterocycles. The number of hydrogen-bond acceptors (Lipinski definition) is 9.